The molecular weight excluding hydrogens is 292 g/mol. The third-order valence-corrected chi connectivity index (χ3v) is 3.98. The van der Waals surface area contributed by atoms with E-state index in [-0.39, 0.29) is 17.9 Å². The van der Waals surface area contributed by atoms with Crippen LogP contribution < -0.4 is 5.32 Å². The first-order valence-corrected chi connectivity index (χ1v) is 7.29. The summed E-state index contributed by atoms with van der Waals surface area (Å²) < 4.78 is 4.68. The third-order valence-electron chi connectivity index (χ3n) is 3.74. The minimum atomic E-state index is -0.331. The number of carbonyl (C=O) groups is 2. The van der Waals surface area contributed by atoms with Gasteiger partial charge in [0.15, 0.2) is 0 Å². The first-order chi connectivity index (χ1) is 10.0. The predicted octanol–water partition coefficient (Wildman–Crippen LogP) is 3.07. The Kier molecular flexibility index (Phi) is 5.07. The molecule has 1 N–H and O–H groups in total. The molecule has 114 valence electrons. The summed E-state index contributed by atoms with van der Waals surface area (Å²) in [4.78, 5) is 25.3. The van der Waals surface area contributed by atoms with Crippen LogP contribution in [0.1, 0.15) is 18.4 Å². The zero-order valence-corrected chi connectivity index (χ0v) is 12.9. The number of hydrogen-bond acceptors (Lipinski definition) is 3. The maximum absolute atomic E-state index is 12.3. The Hall–Kier alpha value is -1.75. The molecule has 2 amide bonds. The number of anilines is 1. The van der Waals surface area contributed by atoms with Crippen LogP contribution in [0.5, 0.6) is 0 Å². The number of aryl methyl sites for hydroxylation is 1. The largest absolute Gasteiger partial charge is 0.453 e. The molecule has 0 spiro atoms. The number of carbonyl (C=O) groups excluding carboxylic acids is 2. The van der Waals surface area contributed by atoms with Gasteiger partial charge in [-0.15, -0.1) is 0 Å². The summed E-state index contributed by atoms with van der Waals surface area (Å²) in [6, 6.07) is 5.38. The number of piperidine rings is 1. The summed E-state index contributed by atoms with van der Waals surface area (Å²) in [6.07, 6.45) is 0.962. The molecule has 1 heterocycles. The number of likely N-dealkylation sites (tertiary alicyclic amines) is 1. The fourth-order valence-electron chi connectivity index (χ4n) is 2.46. The van der Waals surface area contributed by atoms with Gasteiger partial charge >= 0.3 is 6.09 Å². The topological polar surface area (TPSA) is 58.6 Å². The van der Waals surface area contributed by atoms with Crippen LogP contribution in [-0.2, 0) is 9.53 Å². The second-order valence-corrected chi connectivity index (χ2v) is 5.62. The minimum Gasteiger partial charge on any atom is -0.453 e. The molecular formula is C15H19ClN2O3. The van der Waals surface area contributed by atoms with Crippen molar-refractivity contribution in [3.63, 3.8) is 0 Å². The van der Waals surface area contributed by atoms with Gasteiger partial charge in [0, 0.05) is 29.7 Å². The second kappa shape index (κ2) is 6.80. The van der Waals surface area contributed by atoms with Crippen molar-refractivity contribution in [1.29, 1.82) is 0 Å². The number of nitrogens with one attached hydrogen (secondary N) is 1. The van der Waals surface area contributed by atoms with Crippen molar-refractivity contribution >= 4 is 29.3 Å². The summed E-state index contributed by atoms with van der Waals surface area (Å²) in [5, 5.41) is 3.58. The molecule has 0 saturated carbocycles. The maximum atomic E-state index is 12.3. The Labute approximate surface area is 129 Å². The molecule has 1 saturated heterocycles. The summed E-state index contributed by atoms with van der Waals surface area (Å²) in [5.41, 5.74) is 1.71. The SMILES string of the molecule is COC(=O)N1CCC(C(=O)Nc2ccc(Cl)cc2C)CC1. The molecule has 0 aromatic heterocycles. The van der Waals surface area contributed by atoms with Crippen LogP contribution in [0.2, 0.25) is 5.02 Å². The quantitative estimate of drug-likeness (QED) is 0.913. The number of rotatable bonds is 2. The fraction of sp³-hybridized carbons (Fsp3) is 0.467. The third kappa shape index (κ3) is 3.88. The van der Waals surface area contributed by atoms with Crippen molar-refractivity contribution in [3.05, 3.63) is 28.8 Å². The first kappa shape index (κ1) is 15.6. The molecule has 0 aliphatic carbocycles. The lowest BCUT2D eigenvalue weighted by Gasteiger charge is -2.30. The number of halogens is 1. The van der Waals surface area contributed by atoms with E-state index in [0.717, 1.165) is 11.3 Å². The highest BCUT2D eigenvalue weighted by molar-refractivity contribution is 6.30. The molecule has 1 aliphatic rings. The number of hydrogen-bond donors (Lipinski definition) is 1. The van der Waals surface area contributed by atoms with Gasteiger partial charge in [-0.25, -0.2) is 4.79 Å². The molecule has 1 aliphatic heterocycles. The zero-order valence-electron chi connectivity index (χ0n) is 12.2. The maximum Gasteiger partial charge on any atom is 0.409 e. The second-order valence-electron chi connectivity index (χ2n) is 5.18. The Balaban J connectivity index is 1.92. The fourth-order valence-corrected chi connectivity index (χ4v) is 2.68. The standard InChI is InChI=1S/C15H19ClN2O3/c1-10-9-12(16)3-4-13(10)17-14(19)11-5-7-18(8-6-11)15(20)21-2/h3-4,9,11H,5-8H2,1-2H3,(H,17,19). The van der Waals surface area contributed by atoms with Crippen LogP contribution in [0.4, 0.5) is 10.5 Å². The summed E-state index contributed by atoms with van der Waals surface area (Å²) in [5.74, 6) is -0.0917. The van der Waals surface area contributed by atoms with Gasteiger partial charge in [-0.05, 0) is 43.5 Å². The van der Waals surface area contributed by atoms with Crippen LogP contribution in [0, 0.1) is 12.8 Å². The van der Waals surface area contributed by atoms with E-state index in [1.807, 2.05) is 13.0 Å². The molecule has 21 heavy (non-hydrogen) atoms. The van der Waals surface area contributed by atoms with Gasteiger partial charge in [0.2, 0.25) is 5.91 Å². The van der Waals surface area contributed by atoms with Gasteiger partial charge in [0.25, 0.3) is 0 Å². The smallest absolute Gasteiger partial charge is 0.409 e. The van der Waals surface area contributed by atoms with Crippen LogP contribution in [0.25, 0.3) is 0 Å². The Morgan fingerprint density at radius 3 is 2.57 bits per heavy atom. The van der Waals surface area contributed by atoms with E-state index in [1.165, 1.54) is 7.11 Å². The van der Waals surface area contributed by atoms with Crippen molar-refractivity contribution < 1.29 is 14.3 Å². The number of amides is 2. The van der Waals surface area contributed by atoms with Gasteiger partial charge in [-0.3, -0.25) is 4.79 Å². The molecule has 5 nitrogen and oxygen atoms in total. The average Bonchev–Trinajstić information content (AvgIpc) is 2.49. The van der Waals surface area contributed by atoms with Gasteiger partial charge in [-0.2, -0.15) is 0 Å². The van der Waals surface area contributed by atoms with E-state index in [9.17, 15) is 9.59 Å². The lowest BCUT2D eigenvalue weighted by molar-refractivity contribution is -0.121. The van der Waals surface area contributed by atoms with Gasteiger partial charge in [0.05, 0.1) is 7.11 Å². The average molecular weight is 311 g/mol. The molecule has 1 aromatic rings. The number of benzene rings is 1. The predicted molar refractivity (Wildman–Crippen MR) is 81.5 cm³/mol. The summed E-state index contributed by atoms with van der Waals surface area (Å²) >= 11 is 5.90. The lowest BCUT2D eigenvalue weighted by atomic mass is 9.96. The number of methoxy groups -OCH3 is 1. The van der Waals surface area contributed by atoms with Crippen LogP contribution >= 0.6 is 11.6 Å². The van der Waals surface area contributed by atoms with E-state index in [1.54, 1.807) is 17.0 Å². The van der Waals surface area contributed by atoms with Crippen LogP contribution in [0.15, 0.2) is 18.2 Å². The van der Waals surface area contributed by atoms with E-state index in [2.05, 4.69) is 10.1 Å². The Bertz CT molecular complexity index is 540. The molecule has 2 rings (SSSR count). The normalized spacial score (nSPS) is 15.7. The molecule has 1 aromatic carbocycles. The molecule has 0 atom stereocenters. The van der Waals surface area contributed by atoms with Crippen molar-refractivity contribution in [1.82, 2.24) is 4.90 Å². The molecule has 1 fully saturated rings. The van der Waals surface area contributed by atoms with Crippen molar-refractivity contribution in [2.24, 2.45) is 5.92 Å². The molecule has 0 radical (unpaired) electrons. The highest BCUT2D eigenvalue weighted by atomic mass is 35.5. The van der Waals surface area contributed by atoms with E-state index in [4.69, 9.17) is 11.6 Å². The Morgan fingerprint density at radius 1 is 1.33 bits per heavy atom. The number of nitrogens with zero attached hydrogens (tertiary/aromatic N) is 1. The highest BCUT2D eigenvalue weighted by Gasteiger charge is 2.27. The summed E-state index contributed by atoms with van der Waals surface area (Å²) in [6.45, 7) is 3.00. The van der Waals surface area contributed by atoms with E-state index in [0.29, 0.717) is 31.0 Å². The first-order valence-electron chi connectivity index (χ1n) is 6.91. The Morgan fingerprint density at radius 2 is 2.00 bits per heavy atom. The highest BCUT2D eigenvalue weighted by Crippen LogP contribution is 2.23. The van der Waals surface area contributed by atoms with Crippen LogP contribution in [-0.4, -0.2) is 37.1 Å². The van der Waals surface area contributed by atoms with Crippen molar-refractivity contribution in [3.8, 4) is 0 Å². The minimum absolute atomic E-state index is 0.00932. The van der Waals surface area contributed by atoms with E-state index >= 15 is 0 Å². The van der Waals surface area contributed by atoms with Gasteiger partial charge in [-0.1, -0.05) is 11.6 Å². The molecule has 0 unspecified atom stereocenters. The molecule has 6 heteroatoms. The van der Waals surface area contributed by atoms with Gasteiger partial charge in [0.1, 0.15) is 0 Å². The summed E-state index contributed by atoms with van der Waals surface area (Å²) in [7, 11) is 1.37. The van der Waals surface area contributed by atoms with E-state index < -0.39 is 0 Å². The van der Waals surface area contributed by atoms with Crippen molar-refractivity contribution in [2.75, 3.05) is 25.5 Å². The monoisotopic (exact) mass is 310 g/mol. The lowest BCUT2D eigenvalue weighted by Crippen LogP contribution is -2.41. The van der Waals surface area contributed by atoms with Crippen LogP contribution in [0.3, 0.4) is 0 Å². The number of ether oxygens (including phenoxy) is 1. The van der Waals surface area contributed by atoms with Gasteiger partial charge < -0.3 is 15.0 Å². The van der Waals surface area contributed by atoms with Crippen molar-refractivity contribution in [2.45, 2.75) is 19.8 Å². The molecule has 0 bridgehead atoms. The zero-order chi connectivity index (χ0) is 15.4.